The summed E-state index contributed by atoms with van der Waals surface area (Å²) in [7, 11) is 0. The normalized spacial score (nSPS) is 17.9. The van der Waals surface area contributed by atoms with Crippen LogP contribution in [0.4, 0.5) is 0 Å². The van der Waals surface area contributed by atoms with E-state index in [1.165, 1.54) is 11.1 Å². The molecule has 1 atom stereocenters. The lowest BCUT2D eigenvalue weighted by Crippen LogP contribution is -2.05. The number of unbranched alkanes of at least 4 members (excludes halogenated alkanes) is 1. The summed E-state index contributed by atoms with van der Waals surface area (Å²) in [6, 6.07) is 6.41. The highest BCUT2D eigenvalue weighted by molar-refractivity contribution is 5.40. The third-order valence-electron chi connectivity index (χ3n) is 2.97. The number of fused-ring (bicyclic) bond motifs is 1. The van der Waals surface area contributed by atoms with Crippen LogP contribution in [0.25, 0.3) is 0 Å². The van der Waals surface area contributed by atoms with Gasteiger partial charge in [0.05, 0.1) is 6.61 Å². The van der Waals surface area contributed by atoms with Crippen LogP contribution in [0, 0.1) is 12.3 Å². The second kappa shape index (κ2) is 5.05. The molecule has 0 fully saturated rings. The van der Waals surface area contributed by atoms with Crippen molar-refractivity contribution in [3.05, 3.63) is 29.3 Å². The van der Waals surface area contributed by atoms with Crippen molar-refractivity contribution >= 4 is 0 Å². The van der Waals surface area contributed by atoms with Gasteiger partial charge in [-0.3, -0.25) is 0 Å². The fourth-order valence-electron chi connectivity index (χ4n) is 2.08. The molecule has 2 rings (SSSR count). The van der Waals surface area contributed by atoms with Crippen LogP contribution in [0.5, 0.6) is 5.75 Å². The summed E-state index contributed by atoms with van der Waals surface area (Å²) in [4.78, 5) is 0. The number of hydrogen-bond donors (Lipinski definition) is 1. The summed E-state index contributed by atoms with van der Waals surface area (Å²) in [5.41, 5.74) is 8.58. The molecule has 0 aliphatic heterocycles. The van der Waals surface area contributed by atoms with E-state index in [9.17, 15) is 0 Å². The Hall–Kier alpha value is -1.46. The van der Waals surface area contributed by atoms with Crippen LogP contribution in [-0.4, -0.2) is 6.61 Å². The molecule has 0 spiro atoms. The Kier molecular flexibility index (Phi) is 3.48. The van der Waals surface area contributed by atoms with E-state index >= 15 is 0 Å². The molecule has 2 N–H and O–H groups in total. The Bertz CT molecular complexity index is 406. The molecule has 0 heterocycles. The van der Waals surface area contributed by atoms with Gasteiger partial charge >= 0.3 is 0 Å². The number of terminal acetylenes is 1. The average molecular weight is 215 g/mol. The van der Waals surface area contributed by atoms with Crippen LogP contribution >= 0.6 is 0 Å². The van der Waals surface area contributed by atoms with Crippen molar-refractivity contribution in [2.45, 2.75) is 31.7 Å². The summed E-state index contributed by atoms with van der Waals surface area (Å²) in [6.07, 6.45) is 8.98. The van der Waals surface area contributed by atoms with Crippen LogP contribution in [-0.2, 0) is 6.42 Å². The summed E-state index contributed by atoms with van der Waals surface area (Å²) < 4.78 is 5.63. The number of nitrogens with two attached hydrogens (primary N) is 1. The minimum Gasteiger partial charge on any atom is -0.494 e. The molecular formula is C14H17NO. The average Bonchev–Trinajstić information content (AvgIpc) is 2.66. The number of rotatable bonds is 4. The van der Waals surface area contributed by atoms with E-state index in [0.29, 0.717) is 6.61 Å². The third kappa shape index (κ3) is 2.37. The molecule has 0 radical (unpaired) electrons. The van der Waals surface area contributed by atoms with Gasteiger partial charge in [-0.25, -0.2) is 0 Å². The maximum absolute atomic E-state index is 5.97. The molecule has 0 saturated carbocycles. The molecule has 0 saturated heterocycles. The number of hydrogen-bond acceptors (Lipinski definition) is 2. The van der Waals surface area contributed by atoms with Gasteiger partial charge in [-0.2, -0.15) is 0 Å². The molecule has 1 aliphatic carbocycles. The minimum absolute atomic E-state index is 0.213. The fourth-order valence-corrected chi connectivity index (χ4v) is 2.08. The smallest absolute Gasteiger partial charge is 0.119 e. The molecule has 1 unspecified atom stereocenters. The Balaban J connectivity index is 1.95. The fraction of sp³-hybridized carbons (Fsp3) is 0.429. The van der Waals surface area contributed by atoms with Gasteiger partial charge in [0.15, 0.2) is 0 Å². The van der Waals surface area contributed by atoms with Crippen molar-refractivity contribution in [1.82, 2.24) is 0 Å². The van der Waals surface area contributed by atoms with Gasteiger partial charge in [-0.05, 0) is 42.5 Å². The van der Waals surface area contributed by atoms with Crippen LogP contribution in [0.1, 0.15) is 36.4 Å². The molecule has 1 aromatic carbocycles. The summed E-state index contributed by atoms with van der Waals surface area (Å²) in [5, 5.41) is 0. The van der Waals surface area contributed by atoms with E-state index in [-0.39, 0.29) is 6.04 Å². The first-order valence-electron chi connectivity index (χ1n) is 5.76. The van der Waals surface area contributed by atoms with E-state index in [2.05, 4.69) is 18.1 Å². The first-order chi connectivity index (χ1) is 7.81. The summed E-state index contributed by atoms with van der Waals surface area (Å²) in [5.74, 6) is 3.54. The van der Waals surface area contributed by atoms with E-state index in [1.807, 2.05) is 6.07 Å². The van der Waals surface area contributed by atoms with Gasteiger partial charge in [0.1, 0.15) is 5.75 Å². The Morgan fingerprint density at radius 1 is 1.50 bits per heavy atom. The van der Waals surface area contributed by atoms with Crippen molar-refractivity contribution in [1.29, 1.82) is 0 Å². The molecule has 1 aromatic rings. The molecule has 0 amide bonds. The maximum atomic E-state index is 5.97. The Morgan fingerprint density at radius 3 is 3.19 bits per heavy atom. The molecule has 1 aliphatic rings. The molecule has 0 bridgehead atoms. The van der Waals surface area contributed by atoms with Gasteiger partial charge in [0, 0.05) is 12.5 Å². The Labute approximate surface area is 96.8 Å². The lowest BCUT2D eigenvalue weighted by atomic mass is 10.1. The largest absolute Gasteiger partial charge is 0.494 e. The maximum Gasteiger partial charge on any atom is 0.119 e. The predicted molar refractivity (Wildman–Crippen MR) is 65.3 cm³/mol. The van der Waals surface area contributed by atoms with Crippen LogP contribution in [0.15, 0.2) is 18.2 Å². The Morgan fingerprint density at radius 2 is 2.38 bits per heavy atom. The van der Waals surface area contributed by atoms with E-state index in [0.717, 1.165) is 31.4 Å². The topological polar surface area (TPSA) is 35.2 Å². The second-order valence-electron chi connectivity index (χ2n) is 4.16. The lowest BCUT2D eigenvalue weighted by molar-refractivity contribution is 0.312. The third-order valence-corrected chi connectivity index (χ3v) is 2.97. The molecular weight excluding hydrogens is 198 g/mol. The minimum atomic E-state index is 0.213. The molecule has 84 valence electrons. The SMILES string of the molecule is C#CCCCOc1ccc2c(c1)CCC2N. The van der Waals surface area contributed by atoms with Crippen LogP contribution in [0.2, 0.25) is 0 Å². The molecule has 0 aromatic heterocycles. The summed E-state index contributed by atoms with van der Waals surface area (Å²) >= 11 is 0. The van der Waals surface area contributed by atoms with E-state index in [4.69, 9.17) is 16.9 Å². The molecule has 2 heteroatoms. The quantitative estimate of drug-likeness (QED) is 0.618. The van der Waals surface area contributed by atoms with Gasteiger partial charge < -0.3 is 10.5 Å². The van der Waals surface area contributed by atoms with E-state index in [1.54, 1.807) is 0 Å². The van der Waals surface area contributed by atoms with Gasteiger partial charge in [0.25, 0.3) is 0 Å². The summed E-state index contributed by atoms with van der Waals surface area (Å²) in [6.45, 7) is 0.690. The van der Waals surface area contributed by atoms with Crippen LogP contribution < -0.4 is 10.5 Å². The zero-order chi connectivity index (χ0) is 11.4. The number of aryl methyl sites for hydroxylation is 1. The van der Waals surface area contributed by atoms with E-state index < -0.39 is 0 Å². The highest BCUT2D eigenvalue weighted by Crippen LogP contribution is 2.31. The van der Waals surface area contributed by atoms with Gasteiger partial charge in [-0.15, -0.1) is 12.3 Å². The number of benzene rings is 1. The van der Waals surface area contributed by atoms with Gasteiger partial charge in [0.2, 0.25) is 0 Å². The second-order valence-corrected chi connectivity index (χ2v) is 4.16. The van der Waals surface area contributed by atoms with Crippen LogP contribution in [0.3, 0.4) is 0 Å². The molecule has 16 heavy (non-hydrogen) atoms. The van der Waals surface area contributed by atoms with Crippen molar-refractivity contribution < 1.29 is 4.74 Å². The lowest BCUT2D eigenvalue weighted by Gasteiger charge is -2.08. The monoisotopic (exact) mass is 215 g/mol. The highest BCUT2D eigenvalue weighted by Gasteiger charge is 2.18. The zero-order valence-corrected chi connectivity index (χ0v) is 9.41. The first-order valence-corrected chi connectivity index (χ1v) is 5.76. The van der Waals surface area contributed by atoms with Crippen molar-refractivity contribution in [2.24, 2.45) is 5.73 Å². The standard InChI is InChI=1S/C14H17NO/c1-2-3-4-9-16-12-6-7-13-11(10-12)5-8-14(13)15/h1,6-7,10,14H,3-5,8-9,15H2. The zero-order valence-electron chi connectivity index (χ0n) is 9.41. The highest BCUT2D eigenvalue weighted by atomic mass is 16.5. The number of ether oxygens (including phenoxy) is 1. The van der Waals surface area contributed by atoms with Crippen molar-refractivity contribution in [3.63, 3.8) is 0 Å². The first kappa shape index (κ1) is 11.0. The predicted octanol–water partition coefficient (Wildman–Crippen LogP) is 2.42. The van der Waals surface area contributed by atoms with Crippen molar-refractivity contribution in [3.8, 4) is 18.1 Å². The molecule has 2 nitrogen and oxygen atoms in total. The van der Waals surface area contributed by atoms with Crippen molar-refractivity contribution in [2.75, 3.05) is 6.61 Å². The van der Waals surface area contributed by atoms with Gasteiger partial charge in [-0.1, -0.05) is 6.07 Å².